The molecule has 0 aliphatic carbocycles. The van der Waals surface area contributed by atoms with E-state index in [0.717, 1.165) is 0 Å². The van der Waals surface area contributed by atoms with Gasteiger partial charge in [0.05, 0.1) is 0 Å². The molecule has 0 saturated heterocycles. The monoisotopic (exact) mass is 246 g/mol. The minimum absolute atomic E-state index is 0.218. The third kappa shape index (κ3) is 2.57. The number of benzene rings is 1. The first-order valence-corrected chi connectivity index (χ1v) is 4.00. The summed E-state index contributed by atoms with van der Waals surface area (Å²) in [5.74, 6) is -2.88. The van der Waals surface area contributed by atoms with Crippen LogP contribution in [0.15, 0.2) is 12.1 Å². The summed E-state index contributed by atoms with van der Waals surface area (Å²) in [6.07, 6.45) is -7.91. The van der Waals surface area contributed by atoms with Gasteiger partial charge in [-0.3, -0.25) is 0 Å². The van der Waals surface area contributed by atoms with E-state index < -0.39 is 34.5 Å². The van der Waals surface area contributed by atoms with Crippen LogP contribution in [0.5, 0.6) is 0 Å². The van der Waals surface area contributed by atoms with Gasteiger partial charge in [0, 0.05) is 10.6 Å². The first kappa shape index (κ1) is 12.2. The zero-order valence-electron chi connectivity index (χ0n) is 6.95. The SMILES string of the molecule is O[C@H](c1cc(F)c(F)cc1Cl)C(F)(F)F. The topological polar surface area (TPSA) is 20.2 Å². The van der Waals surface area contributed by atoms with Crippen molar-refractivity contribution in [3.63, 3.8) is 0 Å². The lowest BCUT2D eigenvalue weighted by atomic mass is 10.1. The highest BCUT2D eigenvalue weighted by Crippen LogP contribution is 2.36. The summed E-state index contributed by atoms with van der Waals surface area (Å²) in [5.41, 5.74) is -0.914. The summed E-state index contributed by atoms with van der Waals surface area (Å²) in [5, 5.41) is 8.07. The van der Waals surface area contributed by atoms with Crippen LogP contribution in [0.3, 0.4) is 0 Å². The van der Waals surface area contributed by atoms with E-state index in [1.807, 2.05) is 0 Å². The Morgan fingerprint density at radius 2 is 1.60 bits per heavy atom. The van der Waals surface area contributed by atoms with Crippen LogP contribution in [0.25, 0.3) is 0 Å². The van der Waals surface area contributed by atoms with E-state index in [1.165, 1.54) is 0 Å². The Hall–Kier alpha value is -0.880. The minimum Gasteiger partial charge on any atom is -0.379 e. The number of halogens is 6. The summed E-state index contributed by atoms with van der Waals surface area (Å²) >= 11 is 5.24. The highest BCUT2D eigenvalue weighted by molar-refractivity contribution is 6.31. The minimum atomic E-state index is -4.98. The Balaban J connectivity index is 3.21. The summed E-state index contributed by atoms with van der Waals surface area (Å²) in [6, 6.07) is 0.594. The quantitative estimate of drug-likeness (QED) is 0.596. The third-order valence-electron chi connectivity index (χ3n) is 1.64. The fraction of sp³-hybridized carbons (Fsp3) is 0.250. The van der Waals surface area contributed by atoms with Crippen LogP contribution in [0.4, 0.5) is 22.0 Å². The molecule has 0 amide bonds. The van der Waals surface area contributed by atoms with E-state index in [0.29, 0.717) is 6.07 Å². The molecule has 1 rings (SSSR count). The maximum atomic E-state index is 12.6. The highest BCUT2D eigenvalue weighted by Gasteiger charge is 2.40. The molecule has 15 heavy (non-hydrogen) atoms. The van der Waals surface area contributed by atoms with Gasteiger partial charge in [0.15, 0.2) is 17.7 Å². The molecular formula is C8H4ClF5O. The van der Waals surface area contributed by atoms with E-state index >= 15 is 0 Å². The fourth-order valence-electron chi connectivity index (χ4n) is 0.924. The number of rotatable bonds is 1. The molecule has 1 nitrogen and oxygen atoms in total. The van der Waals surface area contributed by atoms with Crippen LogP contribution in [-0.2, 0) is 0 Å². The van der Waals surface area contributed by atoms with Crippen molar-refractivity contribution in [1.82, 2.24) is 0 Å². The van der Waals surface area contributed by atoms with Crippen molar-refractivity contribution >= 4 is 11.6 Å². The van der Waals surface area contributed by atoms with Crippen LogP contribution < -0.4 is 0 Å². The van der Waals surface area contributed by atoms with Crippen molar-refractivity contribution in [3.05, 3.63) is 34.4 Å². The average Bonchev–Trinajstić information content (AvgIpc) is 2.08. The van der Waals surface area contributed by atoms with Crippen molar-refractivity contribution in [2.24, 2.45) is 0 Å². The molecule has 0 unspecified atom stereocenters. The summed E-state index contributed by atoms with van der Waals surface area (Å²) in [6.45, 7) is 0. The molecule has 1 aromatic carbocycles. The second kappa shape index (κ2) is 3.94. The second-order valence-corrected chi connectivity index (χ2v) is 3.14. The molecule has 84 valence electrons. The van der Waals surface area contributed by atoms with Crippen molar-refractivity contribution < 1.29 is 27.1 Å². The number of hydrogen-bond acceptors (Lipinski definition) is 1. The molecule has 0 heterocycles. The van der Waals surface area contributed by atoms with Gasteiger partial charge >= 0.3 is 6.18 Å². The molecule has 0 aliphatic rings. The smallest absolute Gasteiger partial charge is 0.379 e. The molecule has 0 saturated carbocycles. The van der Waals surface area contributed by atoms with E-state index in [9.17, 15) is 22.0 Å². The first-order valence-electron chi connectivity index (χ1n) is 3.62. The maximum absolute atomic E-state index is 12.6. The van der Waals surface area contributed by atoms with Crippen LogP contribution in [0.1, 0.15) is 11.7 Å². The predicted octanol–water partition coefficient (Wildman–Crippen LogP) is 3.21. The Labute approximate surface area is 86.1 Å². The van der Waals surface area contributed by atoms with E-state index in [1.54, 1.807) is 0 Å². The number of hydrogen-bond donors (Lipinski definition) is 1. The largest absolute Gasteiger partial charge is 0.418 e. The van der Waals surface area contributed by atoms with Gasteiger partial charge in [-0.05, 0) is 12.1 Å². The lowest BCUT2D eigenvalue weighted by Gasteiger charge is -2.16. The highest BCUT2D eigenvalue weighted by atomic mass is 35.5. The van der Waals surface area contributed by atoms with Gasteiger partial charge < -0.3 is 5.11 Å². The van der Waals surface area contributed by atoms with Crippen LogP contribution in [-0.4, -0.2) is 11.3 Å². The Bertz CT molecular complexity index is 376. The third-order valence-corrected chi connectivity index (χ3v) is 1.97. The predicted molar refractivity (Wildman–Crippen MR) is 42.4 cm³/mol. The van der Waals surface area contributed by atoms with E-state index in [-0.39, 0.29) is 6.07 Å². The van der Waals surface area contributed by atoms with Gasteiger partial charge in [-0.1, -0.05) is 11.6 Å². The van der Waals surface area contributed by atoms with E-state index in [4.69, 9.17) is 16.7 Å². The number of alkyl halides is 3. The molecule has 1 atom stereocenters. The summed E-state index contributed by atoms with van der Waals surface area (Å²) in [7, 11) is 0. The Morgan fingerprint density at radius 1 is 1.13 bits per heavy atom. The molecule has 0 aromatic heterocycles. The first-order chi connectivity index (χ1) is 6.73. The van der Waals surface area contributed by atoms with Gasteiger partial charge in [-0.15, -0.1) is 0 Å². The zero-order chi connectivity index (χ0) is 11.8. The average molecular weight is 247 g/mol. The van der Waals surface area contributed by atoms with Gasteiger partial charge in [-0.2, -0.15) is 13.2 Å². The number of aliphatic hydroxyl groups excluding tert-OH is 1. The standard InChI is InChI=1S/C8H4ClF5O/c9-4-2-6(11)5(10)1-3(4)7(15)8(12,13)14/h1-2,7,15H/t7-/m1/s1. The maximum Gasteiger partial charge on any atom is 0.418 e. The molecule has 0 spiro atoms. The fourth-order valence-corrected chi connectivity index (χ4v) is 1.18. The summed E-state index contributed by atoms with van der Waals surface area (Å²) in [4.78, 5) is 0. The molecule has 1 aromatic rings. The van der Waals surface area contributed by atoms with E-state index in [2.05, 4.69) is 0 Å². The molecule has 1 N–H and O–H groups in total. The Morgan fingerprint density at radius 3 is 2.07 bits per heavy atom. The normalized spacial score (nSPS) is 14.1. The van der Waals surface area contributed by atoms with Gasteiger partial charge in [-0.25, -0.2) is 8.78 Å². The van der Waals surface area contributed by atoms with Gasteiger partial charge in [0.1, 0.15) is 0 Å². The van der Waals surface area contributed by atoms with Crippen LogP contribution >= 0.6 is 11.6 Å². The molecule has 0 aliphatic heterocycles. The molecule has 0 radical (unpaired) electrons. The van der Waals surface area contributed by atoms with Crippen molar-refractivity contribution in [1.29, 1.82) is 0 Å². The second-order valence-electron chi connectivity index (χ2n) is 2.73. The van der Waals surface area contributed by atoms with Gasteiger partial charge in [0.25, 0.3) is 0 Å². The van der Waals surface area contributed by atoms with Gasteiger partial charge in [0.2, 0.25) is 0 Å². The zero-order valence-corrected chi connectivity index (χ0v) is 7.70. The lowest BCUT2D eigenvalue weighted by Crippen LogP contribution is -2.20. The molecule has 0 fully saturated rings. The molecule has 0 bridgehead atoms. The van der Waals surface area contributed by atoms with Crippen molar-refractivity contribution in [2.75, 3.05) is 0 Å². The van der Waals surface area contributed by atoms with Crippen LogP contribution in [0, 0.1) is 11.6 Å². The van der Waals surface area contributed by atoms with Crippen molar-refractivity contribution in [3.8, 4) is 0 Å². The number of aliphatic hydroxyl groups is 1. The van der Waals surface area contributed by atoms with Crippen LogP contribution in [0.2, 0.25) is 5.02 Å². The lowest BCUT2D eigenvalue weighted by molar-refractivity contribution is -0.206. The Kier molecular flexibility index (Phi) is 3.20. The molecular weight excluding hydrogens is 243 g/mol. The summed E-state index contributed by atoms with van der Waals surface area (Å²) < 4.78 is 61.2. The van der Waals surface area contributed by atoms with Crippen molar-refractivity contribution in [2.45, 2.75) is 12.3 Å². The molecule has 7 heteroatoms.